The van der Waals surface area contributed by atoms with E-state index in [2.05, 4.69) is 37.2 Å². The summed E-state index contributed by atoms with van der Waals surface area (Å²) in [4.78, 5) is 36.3. The lowest BCUT2D eigenvalue weighted by atomic mass is 10.0. The highest BCUT2D eigenvalue weighted by Gasteiger charge is 2.36. The number of aromatic amines is 1. The number of likely N-dealkylation sites (tertiary alicyclic amines) is 1. The van der Waals surface area contributed by atoms with Crippen molar-refractivity contribution in [2.24, 2.45) is 4.99 Å². The zero-order chi connectivity index (χ0) is 26.9. The minimum absolute atomic E-state index is 0.0234. The Bertz CT molecular complexity index is 1350. The number of carbonyl (C=O) groups is 1. The number of nitrogens with zero attached hydrogens (tertiary/aromatic N) is 5. The van der Waals surface area contributed by atoms with Crippen molar-refractivity contribution in [3.05, 3.63) is 60.4 Å². The summed E-state index contributed by atoms with van der Waals surface area (Å²) in [5.74, 6) is 1.57. The van der Waals surface area contributed by atoms with Gasteiger partial charge >= 0.3 is 6.09 Å². The molecule has 9 heteroatoms. The molecule has 0 bridgehead atoms. The van der Waals surface area contributed by atoms with Crippen LogP contribution in [0.5, 0.6) is 0 Å². The van der Waals surface area contributed by atoms with Crippen LogP contribution in [0.25, 0.3) is 28.2 Å². The zero-order valence-electron chi connectivity index (χ0n) is 22.7. The fraction of sp³-hybridized carbons (Fsp3) is 0.414. The fourth-order valence-electron chi connectivity index (χ4n) is 4.76. The van der Waals surface area contributed by atoms with Crippen LogP contribution in [-0.4, -0.2) is 61.9 Å². The first-order chi connectivity index (χ1) is 18.2. The number of rotatable bonds is 6. The van der Waals surface area contributed by atoms with Crippen LogP contribution in [0.1, 0.15) is 64.4 Å². The Morgan fingerprint density at radius 3 is 2.47 bits per heavy atom. The zero-order valence-corrected chi connectivity index (χ0v) is 22.7. The predicted molar refractivity (Wildman–Crippen MR) is 149 cm³/mol. The van der Waals surface area contributed by atoms with Crippen molar-refractivity contribution in [3.63, 3.8) is 0 Å². The van der Waals surface area contributed by atoms with Gasteiger partial charge in [-0.1, -0.05) is 24.3 Å². The minimum atomic E-state index is -0.516. The third kappa shape index (κ3) is 5.52. The van der Waals surface area contributed by atoms with Crippen LogP contribution in [0.2, 0.25) is 0 Å². The van der Waals surface area contributed by atoms with E-state index in [0.717, 1.165) is 52.3 Å². The molecule has 0 radical (unpaired) electrons. The van der Waals surface area contributed by atoms with Gasteiger partial charge in [-0.25, -0.2) is 19.7 Å². The summed E-state index contributed by atoms with van der Waals surface area (Å²) in [5, 5.41) is 3.19. The van der Waals surface area contributed by atoms with Gasteiger partial charge in [0.25, 0.3) is 0 Å². The largest absolute Gasteiger partial charge is 0.444 e. The Morgan fingerprint density at radius 1 is 1.08 bits per heavy atom. The molecule has 2 aromatic heterocycles. The number of carbonyl (C=O) groups excluding carboxylic acids is 1. The average molecular weight is 514 g/mol. The summed E-state index contributed by atoms with van der Waals surface area (Å²) in [5.41, 5.74) is 5.45. The summed E-state index contributed by atoms with van der Waals surface area (Å²) in [6.07, 6.45) is 9.69. The number of ether oxygens (including phenoxy) is 1. The quantitative estimate of drug-likeness (QED) is 0.457. The van der Waals surface area contributed by atoms with Crippen LogP contribution in [0.15, 0.2) is 54.0 Å². The van der Waals surface area contributed by atoms with Gasteiger partial charge < -0.3 is 15.0 Å². The molecule has 1 fully saturated rings. The van der Waals surface area contributed by atoms with E-state index in [1.54, 1.807) is 0 Å². The van der Waals surface area contributed by atoms with Gasteiger partial charge in [0.05, 0.1) is 24.0 Å². The normalized spacial score (nSPS) is 18.3. The summed E-state index contributed by atoms with van der Waals surface area (Å²) in [7, 11) is 1.91. The number of hydrogen-bond donors (Lipinski definition) is 2. The van der Waals surface area contributed by atoms with Crippen LogP contribution in [-0.2, 0) is 4.74 Å². The molecule has 0 unspecified atom stereocenters. The molecule has 38 heavy (non-hydrogen) atoms. The first-order valence-electron chi connectivity index (χ1n) is 13.1. The average Bonchev–Trinajstić information content (AvgIpc) is 3.68. The van der Waals surface area contributed by atoms with Crippen LogP contribution in [0, 0.1) is 0 Å². The van der Waals surface area contributed by atoms with Crippen molar-refractivity contribution < 1.29 is 9.53 Å². The van der Waals surface area contributed by atoms with Crippen LogP contribution in [0.4, 0.5) is 4.79 Å². The Balaban J connectivity index is 1.22. The highest BCUT2D eigenvalue weighted by molar-refractivity contribution is 6.02. The molecule has 9 nitrogen and oxygen atoms in total. The molecule has 0 spiro atoms. The van der Waals surface area contributed by atoms with Crippen molar-refractivity contribution >= 4 is 17.4 Å². The standard InChI is InChI=1S/C29H35N7O2/c1-18(30-5)26-34-17-24(35-26)19-8-10-20(11-9-19)27-32-15-22(16-33-27)21-13-23(31-14-21)25-7-6-12-36(25)28(37)38-29(2,3)4/h8-11,14-18,25,30H,6-7,12-13H2,1-5H3,(H,34,35)/t18-,25-/m0/s1. The monoisotopic (exact) mass is 513 g/mol. The molecule has 5 rings (SSSR count). The Morgan fingerprint density at radius 2 is 1.79 bits per heavy atom. The molecule has 3 aromatic rings. The molecule has 1 aromatic carbocycles. The molecule has 198 valence electrons. The van der Waals surface area contributed by atoms with Crippen molar-refractivity contribution in [2.45, 2.75) is 64.6 Å². The topological polar surface area (TPSA) is 108 Å². The number of H-pyrrole nitrogens is 1. The summed E-state index contributed by atoms with van der Waals surface area (Å²) >= 11 is 0. The molecule has 2 aliphatic heterocycles. The maximum absolute atomic E-state index is 12.7. The fourth-order valence-corrected chi connectivity index (χ4v) is 4.76. The molecular weight excluding hydrogens is 478 g/mol. The van der Waals surface area contributed by atoms with Crippen molar-refractivity contribution in [3.8, 4) is 22.6 Å². The van der Waals surface area contributed by atoms with Gasteiger partial charge in [0.1, 0.15) is 11.4 Å². The van der Waals surface area contributed by atoms with E-state index in [-0.39, 0.29) is 18.2 Å². The van der Waals surface area contributed by atoms with Crippen LogP contribution >= 0.6 is 0 Å². The lowest BCUT2D eigenvalue weighted by molar-refractivity contribution is 0.0265. The van der Waals surface area contributed by atoms with E-state index < -0.39 is 5.60 Å². The molecule has 0 saturated carbocycles. The minimum Gasteiger partial charge on any atom is -0.444 e. The van der Waals surface area contributed by atoms with E-state index in [1.165, 1.54) is 0 Å². The van der Waals surface area contributed by atoms with Gasteiger partial charge in [0.2, 0.25) is 0 Å². The third-order valence-electron chi connectivity index (χ3n) is 6.94. The van der Waals surface area contributed by atoms with Crippen molar-refractivity contribution in [2.75, 3.05) is 13.6 Å². The Hall–Kier alpha value is -3.85. The second kappa shape index (κ2) is 10.5. The first-order valence-corrected chi connectivity index (χ1v) is 13.1. The maximum Gasteiger partial charge on any atom is 0.410 e. The molecule has 4 heterocycles. The number of nitrogens with one attached hydrogen (secondary N) is 2. The summed E-state index contributed by atoms with van der Waals surface area (Å²) in [6.45, 7) is 8.43. The molecule has 2 aliphatic rings. The van der Waals surface area contributed by atoms with Gasteiger partial charge in [-0.15, -0.1) is 0 Å². The summed E-state index contributed by atoms with van der Waals surface area (Å²) < 4.78 is 5.61. The maximum atomic E-state index is 12.7. The van der Waals surface area contributed by atoms with Crippen molar-refractivity contribution in [1.82, 2.24) is 30.2 Å². The van der Waals surface area contributed by atoms with E-state index in [4.69, 9.17) is 4.74 Å². The van der Waals surface area contributed by atoms with Gasteiger partial charge in [0.15, 0.2) is 5.82 Å². The lowest BCUT2D eigenvalue weighted by Gasteiger charge is -2.28. The van der Waals surface area contributed by atoms with Crippen LogP contribution in [0.3, 0.4) is 0 Å². The smallest absolute Gasteiger partial charge is 0.410 e. The SMILES string of the molecule is CN[C@@H](C)c1ncc(-c2ccc(-c3ncc(C4=CN=C([C@@H]5CCCN5C(=O)OC(C)(C)C)C4)cn3)cc2)[nH]1. The number of imidazole rings is 1. The van der Waals surface area contributed by atoms with E-state index in [0.29, 0.717) is 18.8 Å². The lowest BCUT2D eigenvalue weighted by Crippen LogP contribution is -2.43. The molecule has 1 saturated heterocycles. The third-order valence-corrected chi connectivity index (χ3v) is 6.94. The molecule has 2 atom stereocenters. The van der Waals surface area contributed by atoms with E-state index in [9.17, 15) is 4.79 Å². The Labute approximate surface area is 223 Å². The van der Waals surface area contributed by atoms with Gasteiger partial charge in [-0.3, -0.25) is 9.89 Å². The first kappa shape index (κ1) is 25.8. The van der Waals surface area contributed by atoms with Crippen molar-refractivity contribution in [1.29, 1.82) is 0 Å². The number of aliphatic imine (C=N–C) groups is 1. The van der Waals surface area contributed by atoms with E-state index in [1.807, 2.05) is 81.8 Å². The highest BCUT2D eigenvalue weighted by Crippen LogP contribution is 2.31. The molecule has 1 amide bonds. The predicted octanol–water partition coefficient (Wildman–Crippen LogP) is 5.40. The number of amides is 1. The Kier molecular flexibility index (Phi) is 7.12. The van der Waals surface area contributed by atoms with Gasteiger partial charge in [-0.2, -0.15) is 0 Å². The number of aromatic nitrogens is 4. The molecule has 0 aliphatic carbocycles. The number of benzene rings is 1. The molecule has 2 N–H and O–H groups in total. The second-order valence-electron chi connectivity index (χ2n) is 10.8. The van der Waals surface area contributed by atoms with Gasteiger partial charge in [-0.05, 0) is 58.7 Å². The highest BCUT2D eigenvalue weighted by atomic mass is 16.6. The number of hydrogen-bond acceptors (Lipinski definition) is 7. The second-order valence-corrected chi connectivity index (χ2v) is 10.8. The summed E-state index contributed by atoms with van der Waals surface area (Å²) in [6, 6.07) is 8.27. The van der Waals surface area contributed by atoms with Crippen LogP contribution < -0.4 is 5.32 Å². The number of allylic oxidation sites excluding steroid dienone is 1. The van der Waals surface area contributed by atoms with Gasteiger partial charge in [0, 0.05) is 48.4 Å². The van der Waals surface area contributed by atoms with E-state index >= 15 is 0 Å². The molecular formula is C29H35N7O2.